The van der Waals surface area contributed by atoms with Gasteiger partial charge in [0.15, 0.2) is 0 Å². The predicted octanol–water partition coefficient (Wildman–Crippen LogP) is 2.15. The summed E-state index contributed by atoms with van der Waals surface area (Å²) in [6, 6.07) is 6.66. The van der Waals surface area contributed by atoms with Crippen molar-refractivity contribution in [3.63, 3.8) is 0 Å². The second kappa shape index (κ2) is 4.63. The fourth-order valence-electron chi connectivity index (χ4n) is 2.73. The summed E-state index contributed by atoms with van der Waals surface area (Å²) in [4.78, 5) is 24.3. The molecule has 2 aliphatic rings. The van der Waals surface area contributed by atoms with Crippen molar-refractivity contribution in [2.24, 2.45) is 5.92 Å². The Balaban J connectivity index is 2.12. The summed E-state index contributed by atoms with van der Waals surface area (Å²) >= 11 is 0. The van der Waals surface area contributed by atoms with Crippen molar-refractivity contribution in [2.75, 3.05) is 13.2 Å². The van der Waals surface area contributed by atoms with Crippen LogP contribution >= 0.6 is 0 Å². The molecule has 1 heterocycles. The molecule has 19 heavy (non-hydrogen) atoms. The van der Waals surface area contributed by atoms with Crippen LogP contribution in [0.4, 0.5) is 0 Å². The molecule has 0 unspecified atom stereocenters. The Labute approximate surface area is 110 Å². The van der Waals surface area contributed by atoms with Crippen molar-refractivity contribution in [2.45, 2.75) is 12.8 Å². The Kier molecular flexibility index (Phi) is 2.95. The van der Waals surface area contributed by atoms with E-state index in [0.717, 1.165) is 12.8 Å². The summed E-state index contributed by atoms with van der Waals surface area (Å²) in [5.41, 5.74) is 0.960. The number of ether oxygens (including phenoxy) is 1. The number of rotatable bonds is 1. The van der Waals surface area contributed by atoms with Crippen molar-refractivity contribution >= 4 is 17.3 Å². The maximum absolute atomic E-state index is 12.2. The van der Waals surface area contributed by atoms with Crippen molar-refractivity contribution < 1.29 is 19.4 Å². The minimum atomic E-state index is -0.591. The van der Waals surface area contributed by atoms with E-state index >= 15 is 0 Å². The molecule has 98 valence electrons. The van der Waals surface area contributed by atoms with Crippen LogP contribution in [0.5, 0.6) is 0 Å². The molecular weight excluding hydrogens is 244 g/mol. The first-order valence-electron chi connectivity index (χ1n) is 6.39. The SMILES string of the molecule is O=C1C(=O)c2ccccc2C(O)=C1[C@@H]1CCCOC1. The predicted molar refractivity (Wildman–Crippen MR) is 68.9 cm³/mol. The average Bonchev–Trinajstić information content (AvgIpc) is 2.46. The highest BCUT2D eigenvalue weighted by atomic mass is 16.5. The summed E-state index contributed by atoms with van der Waals surface area (Å²) in [6.45, 7) is 1.06. The molecule has 1 N–H and O–H groups in total. The van der Waals surface area contributed by atoms with Crippen LogP contribution in [-0.4, -0.2) is 29.9 Å². The monoisotopic (exact) mass is 258 g/mol. The third-order valence-corrected chi connectivity index (χ3v) is 3.70. The molecular formula is C15H14O4. The lowest BCUT2D eigenvalue weighted by Crippen LogP contribution is -2.31. The molecule has 4 heteroatoms. The lowest BCUT2D eigenvalue weighted by Gasteiger charge is -2.27. The van der Waals surface area contributed by atoms with E-state index in [2.05, 4.69) is 0 Å². The van der Waals surface area contributed by atoms with E-state index in [1.54, 1.807) is 24.3 Å². The van der Waals surface area contributed by atoms with Gasteiger partial charge in [-0.15, -0.1) is 0 Å². The van der Waals surface area contributed by atoms with Gasteiger partial charge in [-0.2, -0.15) is 0 Å². The third-order valence-electron chi connectivity index (χ3n) is 3.70. The van der Waals surface area contributed by atoms with Gasteiger partial charge in [-0.25, -0.2) is 0 Å². The second-order valence-corrected chi connectivity index (χ2v) is 4.88. The summed E-state index contributed by atoms with van der Waals surface area (Å²) in [6.07, 6.45) is 1.60. The molecule has 1 aromatic carbocycles. The average molecular weight is 258 g/mol. The number of hydrogen-bond acceptors (Lipinski definition) is 4. The second-order valence-electron chi connectivity index (χ2n) is 4.88. The quantitative estimate of drug-likeness (QED) is 0.784. The number of ketones is 2. The highest BCUT2D eigenvalue weighted by Crippen LogP contribution is 2.34. The Morgan fingerprint density at radius 2 is 1.84 bits per heavy atom. The van der Waals surface area contributed by atoms with Gasteiger partial charge in [0.25, 0.3) is 0 Å². The van der Waals surface area contributed by atoms with Gasteiger partial charge in [-0.3, -0.25) is 9.59 Å². The normalized spacial score (nSPS) is 23.5. The largest absolute Gasteiger partial charge is 0.507 e. The first-order chi connectivity index (χ1) is 9.20. The number of aliphatic hydroxyl groups excluding tert-OH is 1. The Morgan fingerprint density at radius 1 is 1.11 bits per heavy atom. The number of hydrogen-bond donors (Lipinski definition) is 1. The Hall–Kier alpha value is -1.94. The fraction of sp³-hybridized carbons (Fsp3) is 0.333. The molecule has 1 aromatic rings. The maximum atomic E-state index is 12.2. The molecule has 1 saturated heterocycles. The minimum Gasteiger partial charge on any atom is -0.507 e. The van der Waals surface area contributed by atoms with Crippen LogP contribution < -0.4 is 0 Å². The highest BCUT2D eigenvalue weighted by molar-refractivity contribution is 6.52. The van der Waals surface area contributed by atoms with E-state index in [-0.39, 0.29) is 22.8 Å². The number of Topliss-reactive ketones (excluding diaryl/α,β-unsaturated/α-hetero) is 2. The van der Waals surface area contributed by atoms with Crippen molar-refractivity contribution in [1.82, 2.24) is 0 Å². The molecule has 3 rings (SSSR count). The van der Waals surface area contributed by atoms with E-state index < -0.39 is 11.6 Å². The topological polar surface area (TPSA) is 63.6 Å². The number of carbonyl (C=O) groups is 2. The van der Waals surface area contributed by atoms with Gasteiger partial charge in [-0.1, -0.05) is 24.3 Å². The van der Waals surface area contributed by atoms with Gasteiger partial charge in [0, 0.05) is 23.7 Å². The number of aliphatic hydroxyl groups is 1. The molecule has 1 aliphatic heterocycles. The van der Waals surface area contributed by atoms with E-state index in [9.17, 15) is 14.7 Å². The number of fused-ring (bicyclic) bond motifs is 1. The van der Waals surface area contributed by atoms with Crippen molar-refractivity contribution in [3.05, 3.63) is 41.0 Å². The van der Waals surface area contributed by atoms with Crippen LogP contribution in [0, 0.1) is 5.92 Å². The first kappa shape index (κ1) is 12.1. The minimum absolute atomic E-state index is 0.0595. The summed E-state index contributed by atoms with van der Waals surface area (Å²) in [5, 5.41) is 10.3. The van der Waals surface area contributed by atoms with Crippen molar-refractivity contribution in [3.8, 4) is 0 Å². The fourth-order valence-corrected chi connectivity index (χ4v) is 2.73. The van der Waals surface area contributed by atoms with E-state index in [4.69, 9.17) is 4.74 Å². The lowest BCUT2D eigenvalue weighted by atomic mass is 9.80. The summed E-state index contributed by atoms with van der Waals surface area (Å²) in [5.74, 6) is -1.37. The number of benzene rings is 1. The molecule has 0 amide bonds. The number of carbonyl (C=O) groups excluding carboxylic acids is 2. The van der Waals surface area contributed by atoms with Gasteiger partial charge in [-0.05, 0) is 12.8 Å². The molecule has 0 saturated carbocycles. The van der Waals surface area contributed by atoms with Crippen LogP contribution in [0.3, 0.4) is 0 Å². The molecule has 1 atom stereocenters. The molecule has 0 radical (unpaired) electrons. The molecule has 0 aromatic heterocycles. The molecule has 4 nitrogen and oxygen atoms in total. The van der Waals surface area contributed by atoms with Gasteiger partial charge < -0.3 is 9.84 Å². The zero-order valence-electron chi connectivity index (χ0n) is 10.4. The zero-order valence-corrected chi connectivity index (χ0v) is 10.4. The van der Waals surface area contributed by atoms with Crippen molar-refractivity contribution in [1.29, 1.82) is 0 Å². The zero-order chi connectivity index (χ0) is 13.4. The molecule has 1 aliphatic carbocycles. The standard InChI is InChI=1S/C15H14O4/c16-13-10-5-1-2-6-11(10)14(17)15(18)12(13)9-4-3-7-19-8-9/h1-2,5-6,9,16H,3-4,7-8H2/t9-/m1/s1. The van der Waals surface area contributed by atoms with E-state index in [1.807, 2.05) is 0 Å². The summed E-state index contributed by atoms with van der Waals surface area (Å²) in [7, 11) is 0. The Morgan fingerprint density at radius 3 is 2.53 bits per heavy atom. The third kappa shape index (κ3) is 1.88. The first-order valence-corrected chi connectivity index (χ1v) is 6.39. The summed E-state index contributed by atoms with van der Waals surface area (Å²) < 4.78 is 5.35. The highest BCUT2D eigenvalue weighted by Gasteiger charge is 2.37. The van der Waals surface area contributed by atoms with E-state index in [0.29, 0.717) is 18.8 Å². The van der Waals surface area contributed by atoms with E-state index in [1.165, 1.54) is 0 Å². The van der Waals surface area contributed by atoms with Gasteiger partial charge in [0.1, 0.15) is 5.76 Å². The maximum Gasteiger partial charge on any atom is 0.234 e. The lowest BCUT2D eigenvalue weighted by molar-refractivity contribution is -0.113. The van der Waals surface area contributed by atoms with Crippen LogP contribution in [0.2, 0.25) is 0 Å². The molecule has 0 bridgehead atoms. The van der Waals surface area contributed by atoms with Crippen LogP contribution in [0.25, 0.3) is 5.76 Å². The molecule has 1 fully saturated rings. The smallest absolute Gasteiger partial charge is 0.234 e. The van der Waals surface area contributed by atoms with Crippen LogP contribution in [0.15, 0.2) is 29.8 Å². The van der Waals surface area contributed by atoms with Gasteiger partial charge in [0.2, 0.25) is 11.6 Å². The van der Waals surface area contributed by atoms with Gasteiger partial charge in [0.05, 0.1) is 12.2 Å². The molecule has 0 spiro atoms. The Bertz CT molecular complexity index is 580. The van der Waals surface area contributed by atoms with Crippen LogP contribution in [-0.2, 0) is 9.53 Å². The van der Waals surface area contributed by atoms with Gasteiger partial charge >= 0.3 is 0 Å². The van der Waals surface area contributed by atoms with Crippen LogP contribution in [0.1, 0.15) is 28.8 Å².